The van der Waals surface area contributed by atoms with E-state index in [9.17, 15) is 4.79 Å². The van der Waals surface area contributed by atoms with Crippen LogP contribution in [0.15, 0.2) is 35.7 Å². The van der Waals surface area contributed by atoms with Crippen LogP contribution in [0.3, 0.4) is 0 Å². The maximum atomic E-state index is 11.8. The Hall–Kier alpha value is -2.28. The summed E-state index contributed by atoms with van der Waals surface area (Å²) in [4.78, 5) is 11.8. The lowest BCUT2D eigenvalue weighted by Crippen LogP contribution is -2.08. The molecule has 98 valence electrons. The van der Waals surface area contributed by atoms with Gasteiger partial charge in [-0.25, -0.2) is 4.79 Å². The average Bonchev–Trinajstić information content (AvgIpc) is 2.82. The van der Waals surface area contributed by atoms with Crippen LogP contribution in [-0.4, -0.2) is 33.7 Å². The second-order valence-corrected chi connectivity index (χ2v) is 3.95. The summed E-state index contributed by atoms with van der Waals surface area (Å²) >= 11 is 4.97. The van der Waals surface area contributed by atoms with Crippen molar-refractivity contribution in [3.05, 3.63) is 46.5 Å². The predicted octanol–water partition coefficient (Wildman–Crippen LogP) is 2.00. The summed E-state index contributed by atoms with van der Waals surface area (Å²) in [6.07, 6.45) is 2.99. The minimum atomic E-state index is -0.375. The van der Waals surface area contributed by atoms with Crippen molar-refractivity contribution in [2.75, 3.05) is 6.61 Å². The summed E-state index contributed by atoms with van der Waals surface area (Å²) in [5, 5.41) is 10.5. The standard InChI is InChI=1S/C12H12N4O2S/c1-2-18-11(17)10-6-4-3-5-9(10)7-14-16-8-13-15-12(16)19/h3-8H,2H2,1H3,(H,15,19)/b14-7-. The number of hydrogen-bond acceptors (Lipinski definition) is 5. The van der Waals surface area contributed by atoms with E-state index in [1.807, 2.05) is 6.07 Å². The number of esters is 1. The second-order valence-electron chi connectivity index (χ2n) is 3.56. The van der Waals surface area contributed by atoms with E-state index in [1.54, 1.807) is 25.1 Å². The first-order valence-corrected chi connectivity index (χ1v) is 6.05. The number of hydrogen-bond donors (Lipinski definition) is 1. The highest BCUT2D eigenvalue weighted by Gasteiger charge is 2.10. The van der Waals surface area contributed by atoms with E-state index in [4.69, 9.17) is 17.0 Å². The number of aromatic nitrogens is 3. The van der Waals surface area contributed by atoms with Gasteiger partial charge in [0.25, 0.3) is 0 Å². The predicted molar refractivity (Wildman–Crippen MR) is 72.8 cm³/mol. The van der Waals surface area contributed by atoms with Crippen LogP contribution in [0.5, 0.6) is 0 Å². The van der Waals surface area contributed by atoms with Crippen LogP contribution < -0.4 is 0 Å². The molecule has 0 saturated carbocycles. The first-order valence-electron chi connectivity index (χ1n) is 5.65. The molecule has 0 aliphatic heterocycles. The monoisotopic (exact) mass is 276 g/mol. The number of ether oxygens (including phenoxy) is 1. The zero-order valence-corrected chi connectivity index (χ0v) is 11.1. The van der Waals surface area contributed by atoms with Crippen molar-refractivity contribution in [3.8, 4) is 0 Å². The van der Waals surface area contributed by atoms with E-state index in [0.717, 1.165) is 0 Å². The molecule has 0 spiro atoms. The van der Waals surface area contributed by atoms with Crippen LogP contribution in [0.1, 0.15) is 22.8 Å². The van der Waals surface area contributed by atoms with Gasteiger partial charge in [0.15, 0.2) is 0 Å². The van der Waals surface area contributed by atoms with E-state index in [-0.39, 0.29) is 5.97 Å². The van der Waals surface area contributed by atoms with E-state index < -0.39 is 0 Å². The molecule has 1 aromatic carbocycles. The van der Waals surface area contributed by atoms with Crippen molar-refractivity contribution < 1.29 is 9.53 Å². The summed E-state index contributed by atoms with van der Waals surface area (Å²) in [5.74, 6) is -0.375. The Balaban J connectivity index is 2.30. The highest BCUT2D eigenvalue weighted by Crippen LogP contribution is 2.08. The fraction of sp³-hybridized carbons (Fsp3) is 0.167. The van der Waals surface area contributed by atoms with E-state index in [1.165, 1.54) is 17.2 Å². The van der Waals surface area contributed by atoms with Crippen LogP contribution in [0, 0.1) is 4.77 Å². The summed E-state index contributed by atoms with van der Waals surface area (Å²) in [5.41, 5.74) is 1.12. The van der Waals surface area contributed by atoms with Crippen molar-refractivity contribution in [2.24, 2.45) is 5.10 Å². The fourth-order valence-electron chi connectivity index (χ4n) is 1.45. The molecular formula is C12H12N4O2S. The molecule has 0 bridgehead atoms. The Morgan fingerprint density at radius 3 is 3.05 bits per heavy atom. The zero-order chi connectivity index (χ0) is 13.7. The molecule has 0 saturated heterocycles. The van der Waals surface area contributed by atoms with Crippen molar-refractivity contribution in [1.82, 2.24) is 14.9 Å². The van der Waals surface area contributed by atoms with Gasteiger partial charge in [-0.3, -0.25) is 5.10 Å². The van der Waals surface area contributed by atoms with E-state index >= 15 is 0 Å². The Labute approximate surface area is 114 Å². The number of carbonyl (C=O) groups excluding carboxylic acids is 1. The second kappa shape index (κ2) is 6.05. The average molecular weight is 276 g/mol. The molecular weight excluding hydrogens is 264 g/mol. The highest BCUT2D eigenvalue weighted by atomic mass is 32.1. The van der Waals surface area contributed by atoms with E-state index in [2.05, 4.69) is 15.3 Å². The third kappa shape index (κ3) is 3.14. The minimum absolute atomic E-state index is 0.330. The molecule has 0 amide bonds. The first-order chi connectivity index (χ1) is 9.22. The number of carbonyl (C=O) groups is 1. The molecule has 6 nitrogen and oxygen atoms in total. The number of H-pyrrole nitrogens is 1. The third-order valence-electron chi connectivity index (χ3n) is 2.31. The number of rotatable bonds is 4. The lowest BCUT2D eigenvalue weighted by atomic mass is 10.1. The van der Waals surface area contributed by atoms with Crippen LogP contribution >= 0.6 is 12.2 Å². The largest absolute Gasteiger partial charge is 0.462 e. The molecule has 1 N–H and O–H groups in total. The molecule has 0 aliphatic rings. The summed E-state index contributed by atoms with van der Waals surface area (Å²) in [6, 6.07) is 7.05. The number of benzene rings is 1. The Morgan fingerprint density at radius 2 is 2.37 bits per heavy atom. The first kappa shape index (κ1) is 13.2. The van der Waals surface area contributed by atoms with Gasteiger partial charge in [-0.15, -0.1) is 0 Å². The number of nitrogens with one attached hydrogen (secondary N) is 1. The third-order valence-corrected chi connectivity index (χ3v) is 2.59. The number of nitrogens with zero attached hydrogens (tertiary/aromatic N) is 3. The van der Waals surface area contributed by atoms with Crippen LogP contribution in [0.4, 0.5) is 0 Å². The van der Waals surface area contributed by atoms with Crippen molar-refractivity contribution in [1.29, 1.82) is 0 Å². The van der Waals surface area contributed by atoms with Gasteiger partial charge in [-0.1, -0.05) is 18.2 Å². The summed E-state index contributed by atoms with van der Waals surface area (Å²) < 4.78 is 6.76. The van der Waals surface area contributed by atoms with Gasteiger partial charge in [0, 0.05) is 5.56 Å². The highest BCUT2D eigenvalue weighted by molar-refractivity contribution is 7.71. The SMILES string of the molecule is CCOC(=O)c1ccccc1/C=N\n1cn[nH]c1=S. The Morgan fingerprint density at radius 1 is 1.58 bits per heavy atom. The van der Waals surface area contributed by atoms with Gasteiger partial charge in [0.05, 0.1) is 18.4 Å². The molecule has 19 heavy (non-hydrogen) atoms. The van der Waals surface area contributed by atoms with Gasteiger partial charge in [-0.2, -0.15) is 14.9 Å². The Bertz CT molecular complexity index is 659. The molecule has 2 aromatic rings. The maximum absolute atomic E-state index is 11.8. The van der Waals surface area contributed by atoms with Crippen LogP contribution in [-0.2, 0) is 4.74 Å². The quantitative estimate of drug-likeness (QED) is 0.526. The molecule has 0 atom stereocenters. The maximum Gasteiger partial charge on any atom is 0.338 e. The topological polar surface area (TPSA) is 72.3 Å². The molecule has 1 heterocycles. The summed E-state index contributed by atoms with van der Waals surface area (Å²) in [6.45, 7) is 2.09. The smallest absolute Gasteiger partial charge is 0.338 e. The van der Waals surface area contributed by atoms with Crippen molar-refractivity contribution in [3.63, 3.8) is 0 Å². The van der Waals surface area contributed by atoms with Crippen LogP contribution in [0.2, 0.25) is 0 Å². The van der Waals surface area contributed by atoms with Gasteiger partial charge in [-0.05, 0) is 25.2 Å². The van der Waals surface area contributed by atoms with Crippen LogP contribution in [0.25, 0.3) is 0 Å². The van der Waals surface area contributed by atoms with E-state index in [0.29, 0.717) is 22.5 Å². The lowest BCUT2D eigenvalue weighted by molar-refractivity contribution is 0.0526. The molecule has 2 rings (SSSR count). The molecule has 0 aliphatic carbocycles. The molecule has 0 fully saturated rings. The fourth-order valence-corrected chi connectivity index (χ4v) is 1.60. The normalized spacial score (nSPS) is 10.8. The molecule has 7 heteroatoms. The van der Waals surface area contributed by atoms with Crippen molar-refractivity contribution >= 4 is 24.4 Å². The summed E-state index contributed by atoms with van der Waals surface area (Å²) in [7, 11) is 0. The molecule has 1 aromatic heterocycles. The molecule has 0 unspecified atom stereocenters. The van der Waals surface area contributed by atoms with Gasteiger partial charge in [0.2, 0.25) is 4.77 Å². The van der Waals surface area contributed by atoms with Gasteiger partial charge >= 0.3 is 5.97 Å². The van der Waals surface area contributed by atoms with Gasteiger partial charge in [0.1, 0.15) is 6.33 Å². The van der Waals surface area contributed by atoms with Crippen molar-refractivity contribution in [2.45, 2.75) is 6.92 Å². The zero-order valence-electron chi connectivity index (χ0n) is 10.2. The Kier molecular flexibility index (Phi) is 4.19. The molecule has 0 radical (unpaired) electrons. The number of aromatic amines is 1. The minimum Gasteiger partial charge on any atom is -0.462 e. The van der Waals surface area contributed by atoms with Gasteiger partial charge < -0.3 is 4.74 Å². The lowest BCUT2D eigenvalue weighted by Gasteiger charge is -2.04.